The minimum atomic E-state index is -0.231. The third kappa shape index (κ3) is 2.24. The molecule has 0 heterocycles. The van der Waals surface area contributed by atoms with Crippen molar-refractivity contribution in [2.75, 3.05) is 0 Å². The van der Waals surface area contributed by atoms with E-state index < -0.39 is 0 Å². The molecule has 0 amide bonds. The Bertz CT molecular complexity index is 419. The van der Waals surface area contributed by atoms with Gasteiger partial charge in [0, 0.05) is 5.56 Å². The number of carbonyl (C=O) groups excluding carboxylic acids is 2. The average Bonchev–Trinajstić information content (AvgIpc) is 2.17. The quantitative estimate of drug-likeness (QED) is 0.772. The highest BCUT2D eigenvalue weighted by molar-refractivity contribution is 6.01. The lowest BCUT2D eigenvalue weighted by Gasteiger charge is -2.08. The second-order valence-corrected chi connectivity index (χ2v) is 3.50. The SMILES string of the molecule is CCc1cc(C(C)=O)cc(C(C)=O)c1O. The molecule has 1 aromatic rings. The van der Waals surface area contributed by atoms with Gasteiger partial charge in [0.1, 0.15) is 5.75 Å². The Hall–Kier alpha value is -1.64. The molecule has 3 heteroatoms. The minimum absolute atomic E-state index is 0.00463. The van der Waals surface area contributed by atoms with Crippen molar-refractivity contribution in [3.05, 3.63) is 28.8 Å². The maximum Gasteiger partial charge on any atom is 0.163 e. The van der Waals surface area contributed by atoms with Gasteiger partial charge in [0.05, 0.1) is 5.56 Å². The van der Waals surface area contributed by atoms with E-state index in [0.29, 0.717) is 17.5 Å². The van der Waals surface area contributed by atoms with Crippen molar-refractivity contribution in [3.8, 4) is 5.75 Å². The lowest BCUT2D eigenvalue weighted by molar-refractivity contribution is 0.101. The number of aryl methyl sites for hydroxylation is 1. The largest absolute Gasteiger partial charge is 0.507 e. The first-order valence-electron chi connectivity index (χ1n) is 4.85. The first kappa shape index (κ1) is 11.4. The monoisotopic (exact) mass is 206 g/mol. The summed E-state index contributed by atoms with van der Waals surface area (Å²) in [6, 6.07) is 3.07. The number of rotatable bonds is 3. The molecule has 0 aromatic heterocycles. The number of hydrogen-bond acceptors (Lipinski definition) is 3. The molecule has 1 rings (SSSR count). The molecule has 0 saturated carbocycles. The van der Waals surface area contributed by atoms with Crippen LogP contribution in [0.25, 0.3) is 0 Å². The van der Waals surface area contributed by atoms with E-state index >= 15 is 0 Å². The van der Waals surface area contributed by atoms with Gasteiger partial charge >= 0.3 is 0 Å². The van der Waals surface area contributed by atoms with E-state index in [1.807, 2.05) is 6.92 Å². The first-order chi connectivity index (χ1) is 6.97. The number of aromatic hydroxyl groups is 1. The van der Waals surface area contributed by atoms with E-state index in [9.17, 15) is 14.7 Å². The molecule has 0 aliphatic carbocycles. The van der Waals surface area contributed by atoms with Crippen LogP contribution in [-0.2, 0) is 6.42 Å². The zero-order chi connectivity index (χ0) is 11.6. The third-order valence-corrected chi connectivity index (χ3v) is 2.36. The van der Waals surface area contributed by atoms with Crippen LogP contribution in [0.5, 0.6) is 5.75 Å². The Morgan fingerprint density at radius 1 is 1.20 bits per heavy atom. The lowest BCUT2D eigenvalue weighted by atomic mass is 9.98. The Balaban J connectivity index is 3.45. The molecule has 0 radical (unpaired) electrons. The van der Waals surface area contributed by atoms with Crippen LogP contribution < -0.4 is 0 Å². The number of phenols is 1. The molecule has 15 heavy (non-hydrogen) atoms. The molecule has 3 nitrogen and oxygen atoms in total. The van der Waals surface area contributed by atoms with Crippen molar-refractivity contribution in [2.24, 2.45) is 0 Å². The van der Waals surface area contributed by atoms with Crippen molar-refractivity contribution in [1.82, 2.24) is 0 Å². The fraction of sp³-hybridized carbons (Fsp3) is 0.333. The van der Waals surface area contributed by atoms with E-state index in [-0.39, 0.29) is 22.9 Å². The maximum atomic E-state index is 11.2. The summed E-state index contributed by atoms with van der Waals surface area (Å²) in [5, 5.41) is 9.73. The summed E-state index contributed by atoms with van der Waals surface area (Å²) in [6.07, 6.45) is 0.591. The van der Waals surface area contributed by atoms with E-state index in [1.165, 1.54) is 19.9 Å². The summed E-state index contributed by atoms with van der Waals surface area (Å²) in [5.74, 6) is -0.340. The second-order valence-electron chi connectivity index (χ2n) is 3.50. The van der Waals surface area contributed by atoms with Crippen LogP contribution in [0.4, 0.5) is 0 Å². The molecule has 0 fully saturated rings. The fourth-order valence-corrected chi connectivity index (χ4v) is 1.44. The van der Waals surface area contributed by atoms with E-state index in [4.69, 9.17) is 0 Å². The standard InChI is InChI=1S/C12H14O3/c1-4-9-5-10(7(2)13)6-11(8(3)14)12(9)15/h5-6,15H,4H2,1-3H3. The number of hydrogen-bond donors (Lipinski definition) is 1. The van der Waals surface area contributed by atoms with Crippen molar-refractivity contribution in [1.29, 1.82) is 0 Å². The maximum absolute atomic E-state index is 11.2. The van der Waals surface area contributed by atoms with Crippen LogP contribution in [0.3, 0.4) is 0 Å². The van der Waals surface area contributed by atoms with Crippen LogP contribution in [0.15, 0.2) is 12.1 Å². The van der Waals surface area contributed by atoms with Gasteiger partial charge in [0.15, 0.2) is 11.6 Å². The number of Topliss-reactive ketones (excluding diaryl/α,β-unsaturated/α-hetero) is 2. The highest BCUT2D eigenvalue weighted by atomic mass is 16.3. The van der Waals surface area contributed by atoms with Crippen LogP contribution in [0, 0.1) is 0 Å². The highest BCUT2D eigenvalue weighted by Crippen LogP contribution is 2.25. The average molecular weight is 206 g/mol. The van der Waals surface area contributed by atoms with Gasteiger partial charge in [0.2, 0.25) is 0 Å². The summed E-state index contributed by atoms with van der Waals surface area (Å²) in [5.41, 5.74) is 1.32. The predicted molar refractivity (Wildman–Crippen MR) is 57.5 cm³/mol. The summed E-state index contributed by atoms with van der Waals surface area (Å²) >= 11 is 0. The first-order valence-corrected chi connectivity index (χ1v) is 4.85. The van der Waals surface area contributed by atoms with Gasteiger partial charge in [0.25, 0.3) is 0 Å². The molecule has 0 saturated heterocycles. The fourth-order valence-electron chi connectivity index (χ4n) is 1.44. The zero-order valence-electron chi connectivity index (χ0n) is 9.13. The molecular weight excluding hydrogens is 192 g/mol. The van der Waals surface area contributed by atoms with Gasteiger partial charge in [-0.1, -0.05) is 6.92 Å². The van der Waals surface area contributed by atoms with Gasteiger partial charge in [-0.2, -0.15) is 0 Å². The Morgan fingerprint density at radius 2 is 1.80 bits per heavy atom. The molecule has 0 bridgehead atoms. The topological polar surface area (TPSA) is 54.4 Å². The summed E-state index contributed by atoms with van der Waals surface area (Å²) in [4.78, 5) is 22.4. The van der Waals surface area contributed by atoms with Gasteiger partial charge in [-0.25, -0.2) is 0 Å². The van der Waals surface area contributed by atoms with Gasteiger partial charge in [-0.15, -0.1) is 0 Å². The molecule has 1 N–H and O–H groups in total. The van der Waals surface area contributed by atoms with Gasteiger partial charge in [-0.3, -0.25) is 9.59 Å². The normalized spacial score (nSPS) is 10.1. The Kier molecular flexibility index (Phi) is 3.24. The Labute approximate surface area is 88.7 Å². The Morgan fingerprint density at radius 3 is 2.20 bits per heavy atom. The van der Waals surface area contributed by atoms with Crippen molar-refractivity contribution >= 4 is 11.6 Å². The van der Waals surface area contributed by atoms with E-state index in [0.717, 1.165) is 0 Å². The van der Waals surface area contributed by atoms with Crippen LogP contribution in [0.1, 0.15) is 47.1 Å². The highest BCUT2D eigenvalue weighted by Gasteiger charge is 2.13. The molecular formula is C12H14O3. The van der Waals surface area contributed by atoms with Crippen LogP contribution >= 0.6 is 0 Å². The summed E-state index contributed by atoms with van der Waals surface area (Å²) < 4.78 is 0. The number of phenolic OH excluding ortho intramolecular Hbond substituents is 1. The van der Waals surface area contributed by atoms with Crippen molar-refractivity contribution < 1.29 is 14.7 Å². The van der Waals surface area contributed by atoms with Gasteiger partial charge < -0.3 is 5.11 Å². The predicted octanol–water partition coefficient (Wildman–Crippen LogP) is 2.36. The second kappa shape index (κ2) is 4.26. The number of carbonyl (C=O) groups is 2. The third-order valence-electron chi connectivity index (χ3n) is 2.36. The smallest absolute Gasteiger partial charge is 0.163 e. The molecule has 80 valence electrons. The summed E-state index contributed by atoms with van der Waals surface area (Å²) in [7, 11) is 0. The lowest BCUT2D eigenvalue weighted by Crippen LogP contribution is -2.01. The molecule has 0 spiro atoms. The number of ketones is 2. The summed E-state index contributed by atoms with van der Waals surface area (Å²) in [6.45, 7) is 4.68. The molecule has 0 atom stereocenters. The van der Waals surface area contributed by atoms with Gasteiger partial charge in [-0.05, 0) is 38.0 Å². The van der Waals surface area contributed by atoms with Crippen LogP contribution in [0.2, 0.25) is 0 Å². The van der Waals surface area contributed by atoms with Crippen molar-refractivity contribution in [2.45, 2.75) is 27.2 Å². The zero-order valence-corrected chi connectivity index (χ0v) is 9.13. The molecule has 0 unspecified atom stereocenters. The van der Waals surface area contributed by atoms with Crippen molar-refractivity contribution in [3.63, 3.8) is 0 Å². The number of benzene rings is 1. The van der Waals surface area contributed by atoms with E-state index in [1.54, 1.807) is 6.07 Å². The minimum Gasteiger partial charge on any atom is -0.507 e. The molecule has 0 aliphatic heterocycles. The van der Waals surface area contributed by atoms with E-state index in [2.05, 4.69) is 0 Å². The molecule has 0 aliphatic rings. The van der Waals surface area contributed by atoms with Crippen LogP contribution in [-0.4, -0.2) is 16.7 Å². The molecule has 1 aromatic carbocycles.